The molecule has 4 N–H and O–H groups in total. The van der Waals surface area contributed by atoms with Gasteiger partial charge in [-0.05, 0) is 0 Å². The number of ether oxygens (including phenoxy) is 2. The minimum Gasteiger partial charge on any atom is -0.394 e. The van der Waals surface area contributed by atoms with Crippen LogP contribution in [0.2, 0.25) is 0 Å². The molecule has 0 aromatic carbocycles. The van der Waals surface area contributed by atoms with Crippen molar-refractivity contribution in [2.45, 2.75) is 30.7 Å². The molecule has 78 valence electrons. The summed E-state index contributed by atoms with van der Waals surface area (Å²) in [5, 5.41) is 36.4. The molecule has 0 amide bonds. The van der Waals surface area contributed by atoms with Crippen molar-refractivity contribution in [2.24, 2.45) is 0 Å². The molecular weight excluding hydrogens is 180 g/mol. The van der Waals surface area contributed by atoms with Crippen LogP contribution < -0.4 is 0 Å². The second-order valence-corrected chi connectivity index (χ2v) is 2.94. The Morgan fingerprint density at radius 1 is 1.38 bits per heavy atom. The van der Waals surface area contributed by atoms with Gasteiger partial charge in [-0.1, -0.05) is 0 Å². The maximum atomic E-state index is 9.33. The summed E-state index contributed by atoms with van der Waals surface area (Å²) in [5.74, 6) is 0. The normalized spacial score (nSPS) is 42.2. The number of aliphatic hydroxyl groups is 4. The molecule has 0 saturated carbocycles. The van der Waals surface area contributed by atoms with E-state index in [9.17, 15) is 10.2 Å². The first kappa shape index (κ1) is 10.8. The fourth-order valence-electron chi connectivity index (χ4n) is 1.29. The van der Waals surface area contributed by atoms with Crippen molar-refractivity contribution in [1.29, 1.82) is 0 Å². The highest BCUT2D eigenvalue weighted by Gasteiger charge is 2.45. The van der Waals surface area contributed by atoms with E-state index in [1.165, 1.54) is 7.11 Å². The van der Waals surface area contributed by atoms with Gasteiger partial charge in [0.25, 0.3) is 0 Å². The summed E-state index contributed by atoms with van der Waals surface area (Å²) in [6, 6.07) is 0. The lowest BCUT2D eigenvalue weighted by Gasteiger charge is -2.18. The summed E-state index contributed by atoms with van der Waals surface area (Å²) in [6.07, 6.45) is -5.63. The molecule has 1 heterocycles. The molecule has 5 atom stereocenters. The highest BCUT2D eigenvalue weighted by Crippen LogP contribution is 2.23. The number of rotatable bonds is 3. The van der Waals surface area contributed by atoms with Crippen molar-refractivity contribution in [3.8, 4) is 0 Å². The van der Waals surface area contributed by atoms with Gasteiger partial charge in [0.15, 0.2) is 6.29 Å². The zero-order chi connectivity index (χ0) is 10.0. The van der Waals surface area contributed by atoms with E-state index >= 15 is 0 Å². The highest BCUT2D eigenvalue weighted by atomic mass is 16.7. The van der Waals surface area contributed by atoms with Crippen molar-refractivity contribution < 1.29 is 29.9 Å². The van der Waals surface area contributed by atoms with Crippen molar-refractivity contribution >= 4 is 0 Å². The van der Waals surface area contributed by atoms with Crippen LogP contribution in [0, 0.1) is 0 Å². The summed E-state index contributed by atoms with van der Waals surface area (Å²) < 4.78 is 9.65. The molecule has 13 heavy (non-hydrogen) atoms. The smallest absolute Gasteiger partial charge is 0.186 e. The molecule has 1 fully saturated rings. The van der Waals surface area contributed by atoms with E-state index in [0.29, 0.717) is 0 Å². The molecule has 0 aliphatic carbocycles. The molecular formula is C7H14O6. The Kier molecular flexibility index (Phi) is 3.60. The van der Waals surface area contributed by atoms with Crippen molar-refractivity contribution in [3.05, 3.63) is 0 Å². The fraction of sp³-hybridized carbons (Fsp3) is 1.00. The molecule has 0 unspecified atom stereocenters. The molecule has 0 spiro atoms. The van der Waals surface area contributed by atoms with Gasteiger partial charge in [-0.2, -0.15) is 0 Å². The quantitative estimate of drug-likeness (QED) is 0.394. The summed E-state index contributed by atoms with van der Waals surface area (Å²) in [7, 11) is 1.31. The van der Waals surface area contributed by atoms with E-state index in [4.69, 9.17) is 19.7 Å². The van der Waals surface area contributed by atoms with Crippen molar-refractivity contribution in [3.63, 3.8) is 0 Å². The van der Waals surface area contributed by atoms with Gasteiger partial charge >= 0.3 is 0 Å². The standard InChI is InChI=1S/C7H14O6/c1-12-7-5(11)4(10)6(13-7)3(9)2-8/h3-11H,2H2,1H3/t3-,4+,5+,6-,7-/m1/s1. The molecule has 0 aromatic heterocycles. The van der Waals surface area contributed by atoms with E-state index in [1.54, 1.807) is 0 Å². The largest absolute Gasteiger partial charge is 0.394 e. The van der Waals surface area contributed by atoms with E-state index < -0.39 is 37.3 Å². The maximum absolute atomic E-state index is 9.33. The summed E-state index contributed by atoms with van der Waals surface area (Å²) >= 11 is 0. The lowest BCUT2D eigenvalue weighted by atomic mass is 10.1. The van der Waals surface area contributed by atoms with E-state index in [2.05, 4.69) is 0 Å². The zero-order valence-electron chi connectivity index (χ0n) is 7.20. The topological polar surface area (TPSA) is 99.4 Å². The van der Waals surface area contributed by atoms with Crippen LogP contribution in [0.25, 0.3) is 0 Å². The van der Waals surface area contributed by atoms with Gasteiger partial charge < -0.3 is 29.9 Å². The maximum Gasteiger partial charge on any atom is 0.186 e. The third-order valence-corrected chi connectivity index (χ3v) is 2.06. The molecule has 0 bridgehead atoms. The number of hydrogen-bond donors (Lipinski definition) is 4. The number of methoxy groups -OCH3 is 1. The van der Waals surface area contributed by atoms with Gasteiger partial charge in [-0.3, -0.25) is 0 Å². The molecule has 1 aliphatic heterocycles. The third kappa shape index (κ3) is 1.98. The summed E-state index contributed by atoms with van der Waals surface area (Å²) in [5.41, 5.74) is 0. The van der Waals surface area contributed by atoms with Gasteiger partial charge in [0.2, 0.25) is 0 Å². The Morgan fingerprint density at radius 3 is 2.38 bits per heavy atom. The molecule has 6 nitrogen and oxygen atoms in total. The summed E-state index contributed by atoms with van der Waals surface area (Å²) in [4.78, 5) is 0. The predicted octanol–water partition coefficient (Wildman–Crippen LogP) is -2.57. The average Bonchev–Trinajstić information content (AvgIpc) is 2.43. The minimum atomic E-state index is -1.24. The number of hydrogen-bond acceptors (Lipinski definition) is 6. The van der Waals surface area contributed by atoms with Crippen LogP contribution in [-0.4, -0.2) is 64.8 Å². The molecule has 0 radical (unpaired) electrons. The van der Waals surface area contributed by atoms with Gasteiger partial charge in [0.1, 0.15) is 24.4 Å². The lowest BCUT2D eigenvalue weighted by Crippen LogP contribution is -2.40. The Balaban J connectivity index is 2.60. The second-order valence-electron chi connectivity index (χ2n) is 2.94. The van der Waals surface area contributed by atoms with Crippen LogP contribution in [0.1, 0.15) is 0 Å². The second kappa shape index (κ2) is 4.32. The van der Waals surface area contributed by atoms with Crippen LogP contribution in [0.3, 0.4) is 0 Å². The van der Waals surface area contributed by atoms with Crippen LogP contribution >= 0.6 is 0 Å². The minimum absolute atomic E-state index is 0.537. The van der Waals surface area contributed by atoms with Gasteiger partial charge in [0.05, 0.1) is 6.61 Å². The monoisotopic (exact) mass is 194 g/mol. The molecule has 0 aromatic rings. The van der Waals surface area contributed by atoms with Crippen LogP contribution in [-0.2, 0) is 9.47 Å². The predicted molar refractivity (Wildman–Crippen MR) is 40.8 cm³/mol. The Morgan fingerprint density at radius 2 is 2.00 bits per heavy atom. The van der Waals surface area contributed by atoms with Gasteiger partial charge in [-0.25, -0.2) is 0 Å². The first-order valence-corrected chi connectivity index (χ1v) is 3.95. The molecule has 1 saturated heterocycles. The van der Waals surface area contributed by atoms with Crippen molar-refractivity contribution in [2.75, 3.05) is 13.7 Å². The SMILES string of the molecule is CO[C@@H]1O[C@H]([C@H](O)CO)[C@@H](O)[C@@H]1O. The third-order valence-electron chi connectivity index (χ3n) is 2.06. The molecule has 6 heteroatoms. The summed E-state index contributed by atoms with van der Waals surface area (Å²) in [6.45, 7) is -0.537. The van der Waals surface area contributed by atoms with Crippen LogP contribution in [0.15, 0.2) is 0 Å². The Bertz CT molecular complexity index is 163. The Labute approximate surface area is 75.3 Å². The van der Waals surface area contributed by atoms with Crippen molar-refractivity contribution in [1.82, 2.24) is 0 Å². The van der Waals surface area contributed by atoms with Gasteiger partial charge in [0, 0.05) is 7.11 Å². The lowest BCUT2D eigenvalue weighted by molar-refractivity contribution is -0.166. The van der Waals surface area contributed by atoms with Crippen LogP contribution in [0.4, 0.5) is 0 Å². The van der Waals surface area contributed by atoms with Crippen LogP contribution in [0.5, 0.6) is 0 Å². The van der Waals surface area contributed by atoms with E-state index in [0.717, 1.165) is 0 Å². The first-order valence-electron chi connectivity index (χ1n) is 3.95. The molecule has 1 rings (SSSR count). The number of aliphatic hydroxyl groups excluding tert-OH is 4. The first-order chi connectivity index (χ1) is 6.11. The zero-order valence-corrected chi connectivity index (χ0v) is 7.20. The Hall–Kier alpha value is -0.240. The van der Waals surface area contributed by atoms with E-state index in [-0.39, 0.29) is 0 Å². The highest BCUT2D eigenvalue weighted by molar-refractivity contribution is 4.90. The van der Waals surface area contributed by atoms with Gasteiger partial charge in [-0.15, -0.1) is 0 Å². The van der Waals surface area contributed by atoms with E-state index in [1.807, 2.05) is 0 Å². The molecule has 1 aliphatic rings. The average molecular weight is 194 g/mol. The fourth-order valence-corrected chi connectivity index (χ4v) is 1.29.